The maximum absolute atomic E-state index is 13.3. The number of nitrogens with one attached hydrogen (secondary N) is 5. The molecule has 2 aromatic carbocycles. The molecule has 3 amide bonds. The number of carbonyl (C=O) groups excluding carboxylic acids is 3. The number of hydrogen-bond donors (Lipinski definition) is 8. The van der Waals surface area contributed by atoms with Crippen molar-refractivity contribution in [2.75, 3.05) is 12.0 Å². The summed E-state index contributed by atoms with van der Waals surface area (Å²) in [7, 11) is 0. The van der Waals surface area contributed by atoms with Crippen LogP contribution in [0.2, 0.25) is 0 Å². The van der Waals surface area contributed by atoms with Crippen LogP contribution in [0.15, 0.2) is 60.9 Å². The van der Waals surface area contributed by atoms with Crippen LogP contribution in [-0.4, -0.2) is 86.0 Å². The van der Waals surface area contributed by atoms with Gasteiger partial charge in [-0.25, -0.2) is 4.79 Å². The number of carboxylic acids is 2. The highest BCUT2D eigenvalue weighted by molar-refractivity contribution is 7.98. The van der Waals surface area contributed by atoms with Gasteiger partial charge in [0, 0.05) is 40.6 Å². The highest BCUT2D eigenvalue weighted by atomic mass is 32.2. The first-order chi connectivity index (χ1) is 21.6. The van der Waals surface area contributed by atoms with Gasteiger partial charge in [-0.05, 0) is 48.1 Å². The van der Waals surface area contributed by atoms with Crippen molar-refractivity contribution in [1.82, 2.24) is 25.9 Å². The number of carbonyl (C=O) groups is 5. The molecule has 0 saturated heterocycles. The molecule has 4 atom stereocenters. The van der Waals surface area contributed by atoms with Gasteiger partial charge < -0.3 is 41.9 Å². The van der Waals surface area contributed by atoms with Gasteiger partial charge in [0.2, 0.25) is 17.7 Å². The Morgan fingerprint density at radius 2 is 1.27 bits per heavy atom. The number of thioether (sulfide) groups is 1. The summed E-state index contributed by atoms with van der Waals surface area (Å²) in [6, 6.07) is 9.70. The zero-order valence-electron chi connectivity index (χ0n) is 24.5. The number of fused-ring (bicyclic) bond motifs is 2. The summed E-state index contributed by atoms with van der Waals surface area (Å²) >= 11 is 1.41. The van der Waals surface area contributed by atoms with Crippen LogP contribution in [0, 0.1) is 0 Å². The van der Waals surface area contributed by atoms with E-state index < -0.39 is 60.2 Å². The monoisotopic (exact) mass is 636 g/mol. The van der Waals surface area contributed by atoms with E-state index in [1.165, 1.54) is 11.8 Å². The third-order valence-corrected chi connectivity index (χ3v) is 8.06. The number of aromatic amines is 2. The van der Waals surface area contributed by atoms with Crippen molar-refractivity contribution in [2.24, 2.45) is 5.73 Å². The Morgan fingerprint density at radius 3 is 1.82 bits per heavy atom. The van der Waals surface area contributed by atoms with Crippen molar-refractivity contribution in [3.63, 3.8) is 0 Å². The summed E-state index contributed by atoms with van der Waals surface area (Å²) in [5.41, 5.74) is 9.29. The van der Waals surface area contributed by atoms with Crippen LogP contribution in [0.1, 0.15) is 24.0 Å². The fraction of sp³-hybridized carbons (Fsp3) is 0.323. The minimum atomic E-state index is -1.53. The molecule has 0 bridgehead atoms. The van der Waals surface area contributed by atoms with E-state index in [9.17, 15) is 34.2 Å². The molecular weight excluding hydrogens is 600 g/mol. The predicted octanol–water partition coefficient (Wildman–Crippen LogP) is 1.53. The number of benzene rings is 2. The second kappa shape index (κ2) is 15.3. The molecule has 0 aliphatic rings. The maximum atomic E-state index is 13.3. The van der Waals surface area contributed by atoms with Gasteiger partial charge in [-0.1, -0.05) is 36.4 Å². The second-order valence-corrected chi connectivity index (χ2v) is 11.6. The van der Waals surface area contributed by atoms with Crippen molar-refractivity contribution in [3.8, 4) is 0 Å². The third-order valence-electron chi connectivity index (χ3n) is 7.42. The van der Waals surface area contributed by atoms with Crippen LogP contribution >= 0.6 is 11.8 Å². The minimum absolute atomic E-state index is 0.0136. The lowest BCUT2D eigenvalue weighted by molar-refractivity contribution is -0.143. The fourth-order valence-electron chi connectivity index (χ4n) is 5.06. The molecule has 9 N–H and O–H groups in total. The molecule has 0 aliphatic carbocycles. The largest absolute Gasteiger partial charge is 0.481 e. The van der Waals surface area contributed by atoms with E-state index in [1.54, 1.807) is 18.6 Å². The smallest absolute Gasteiger partial charge is 0.326 e. The minimum Gasteiger partial charge on any atom is -0.481 e. The van der Waals surface area contributed by atoms with Gasteiger partial charge in [0.1, 0.15) is 18.1 Å². The Bertz CT molecular complexity index is 1680. The van der Waals surface area contributed by atoms with Gasteiger partial charge in [-0.3, -0.25) is 19.2 Å². The van der Waals surface area contributed by atoms with E-state index in [0.717, 1.165) is 27.4 Å². The summed E-state index contributed by atoms with van der Waals surface area (Å²) in [6.45, 7) is 0. The van der Waals surface area contributed by atoms with E-state index in [4.69, 9.17) is 5.73 Å². The normalized spacial score (nSPS) is 13.9. The number of aromatic nitrogens is 2. The summed E-state index contributed by atoms with van der Waals surface area (Å²) < 4.78 is 0. The number of H-pyrrole nitrogens is 2. The standard InChI is InChI=1S/C31H36N6O7S/c1-45-11-10-24(29(41)37-26(31(43)44)13-18-16-34-23-9-5-3-7-20(18)23)35-30(42)25(14-27(38)39)36-28(40)21(32)12-17-15-33-22-8-4-2-6-19(17)22/h2-9,15-16,21,24-26,33-34H,10-14,32H2,1H3,(H,35,42)(H,36,40)(H,37,41)(H,38,39)(H,43,44). The topological polar surface area (TPSA) is 219 Å². The molecule has 4 unspecified atom stereocenters. The van der Waals surface area contributed by atoms with Gasteiger partial charge in [0.25, 0.3) is 0 Å². The van der Waals surface area contributed by atoms with E-state index in [2.05, 4.69) is 25.9 Å². The lowest BCUT2D eigenvalue weighted by Crippen LogP contribution is -2.58. The molecule has 0 spiro atoms. The molecule has 0 aliphatic heterocycles. The molecular formula is C31H36N6O7S. The Kier molecular flexibility index (Phi) is 11.2. The van der Waals surface area contributed by atoms with E-state index in [-0.39, 0.29) is 19.3 Å². The Morgan fingerprint density at radius 1 is 0.756 bits per heavy atom. The predicted molar refractivity (Wildman–Crippen MR) is 171 cm³/mol. The molecule has 238 valence electrons. The van der Waals surface area contributed by atoms with Crippen LogP contribution < -0.4 is 21.7 Å². The third kappa shape index (κ3) is 8.64. The number of para-hydroxylation sites is 2. The highest BCUT2D eigenvalue weighted by Crippen LogP contribution is 2.20. The summed E-state index contributed by atoms with van der Waals surface area (Å²) in [5.74, 6) is -4.57. The Labute approximate surface area is 262 Å². The van der Waals surface area contributed by atoms with Gasteiger partial charge in [0.05, 0.1) is 12.5 Å². The first kappa shape index (κ1) is 33.1. The molecule has 4 rings (SSSR count). The number of aliphatic carboxylic acids is 2. The number of hydrogen-bond acceptors (Lipinski definition) is 7. The second-order valence-electron chi connectivity index (χ2n) is 10.6. The average Bonchev–Trinajstić information content (AvgIpc) is 3.62. The van der Waals surface area contributed by atoms with Crippen LogP contribution in [0.3, 0.4) is 0 Å². The van der Waals surface area contributed by atoms with Gasteiger partial charge in [-0.2, -0.15) is 11.8 Å². The molecule has 0 fully saturated rings. The molecule has 2 heterocycles. The molecule has 13 nitrogen and oxygen atoms in total. The van der Waals surface area contributed by atoms with E-state index in [0.29, 0.717) is 11.3 Å². The first-order valence-corrected chi connectivity index (χ1v) is 15.7. The number of carboxylic acid groups (broad SMARTS) is 2. The number of nitrogens with two attached hydrogens (primary N) is 1. The molecule has 2 aromatic heterocycles. The summed E-state index contributed by atoms with van der Waals surface area (Å²) in [4.78, 5) is 69.5. The lowest BCUT2D eigenvalue weighted by Gasteiger charge is -2.24. The first-order valence-electron chi connectivity index (χ1n) is 14.3. The van der Waals surface area contributed by atoms with Crippen molar-refractivity contribution < 1.29 is 34.2 Å². The molecule has 14 heteroatoms. The quantitative estimate of drug-likeness (QED) is 0.0892. The average molecular weight is 637 g/mol. The van der Waals surface area contributed by atoms with Crippen molar-refractivity contribution in [3.05, 3.63) is 72.1 Å². The highest BCUT2D eigenvalue weighted by Gasteiger charge is 2.32. The fourth-order valence-corrected chi connectivity index (χ4v) is 5.53. The van der Waals surface area contributed by atoms with Crippen LogP contribution in [0.5, 0.6) is 0 Å². The molecule has 45 heavy (non-hydrogen) atoms. The lowest BCUT2D eigenvalue weighted by atomic mass is 10.0. The zero-order chi connectivity index (χ0) is 32.5. The van der Waals surface area contributed by atoms with Crippen LogP contribution in [0.25, 0.3) is 21.8 Å². The van der Waals surface area contributed by atoms with E-state index >= 15 is 0 Å². The van der Waals surface area contributed by atoms with Gasteiger partial charge >= 0.3 is 11.9 Å². The molecule has 0 radical (unpaired) electrons. The number of rotatable bonds is 16. The summed E-state index contributed by atoms with van der Waals surface area (Å²) in [5, 5.41) is 28.5. The SMILES string of the molecule is CSCCC(NC(=O)C(CC(=O)O)NC(=O)C(N)Cc1c[nH]c2ccccc12)C(=O)NC(Cc1c[nH]c2ccccc12)C(=O)O. The van der Waals surface area contributed by atoms with Crippen LogP contribution in [0.4, 0.5) is 0 Å². The van der Waals surface area contributed by atoms with Crippen molar-refractivity contribution in [1.29, 1.82) is 0 Å². The van der Waals surface area contributed by atoms with Gasteiger partial charge in [0.15, 0.2) is 0 Å². The Hall–Kier alpha value is -4.82. The maximum Gasteiger partial charge on any atom is 0.326 e. The van der Waals surface area contributed by atoms with Gasteiger partial charge in [-0.15, -0.1) is 0 Å². The zero-order valence-corrected chi connectivity index (χ0v) is 25.4. The molecule has 4 aromatic rings. The summed E-state index contributed by atoms with van der Waals surface area (Å²) in [6.07, 6.45) is 4.71. The molecule has 0 saturated carbocycles. The van der Waals surface area contributed by atoms with Crippen molar-refractivity contribution in [2.45, 2.75) is 49.9 Å². The number of amides is 3. The Balaban J connectivity index is 1.44. The van der Waals surface area contributed by atoms with E-state index in [1.807, 2.05) is 48.5 Å². The van der Waals surface area contributed by atoms with Crippen molar-refractivity contribution >= 4 is 63.2 Å². The van der Waals surface area contributed by atoms with Crippen LogP contribution in [-0.2, 0) is 36.8 Å².